The normalized spacial score (nSPS) is 28.9. The van der Waals surface area contributed by atoms with Crippen molar-refractivity contribution >= 4 is 11.9 Å². The fourth-order valence-electron chi connectivity index (χ4n) is 5.40. The van der Waals surface area contributed by atoms with Gasteiger partial charge >= 0.3 is 5.97 Å². The number of ether oxygens (including phenoxy) is 2. The Balaban J connectivity index is 1.57. The fourth-order valence-corrected chi connectivity index (χ4v) is 5.40. The zero-order valence-corrected chi connectivity index (χ0v) is 19.3. The van der Waals surface area contributed by atoms with Gasteiger partial charge in [0.15, 0.2) is 0 Å². The summed E-state index contributed by atoms with van der Waals surface area (Å²) >= 11 is 0. The number of fused-ring (bicyclic) bond motifs is 4. The van der Waals surface area contributed by atoms with Gasteiger partial charge in [0.05, 0.1) is 18.2 Å². The predicted octanol–water partition coefficient (Wildman–Crippen LogP) is 4.46. The Labute approximate surface area is 184 Å². The van der Waals surface area contributed by atoms with Crippen LogP contribution in [0, 0.1) is 5.92 Å². The van der Waals surface area contributed by atoms with Gasteiger partial charge in [0.25, 0.3) is 0 Å². The van der Waals surface area contributed by atoms with E-state index < -0.39 is 11.6 Å². The number of amides is 1. The van der Waals surface area contributed by atoms with E-state index >= 15 is 0 Å². The Hall–Kier alpha value is -2.08. The molecular formula is C25H35NO5. The predicted molar refractivity (Wildman–Crippen MR) is 117 cm³/mol. The number of carbonyl (C=O) groups is 2. The van der Waals surface area contributed by atoms with Crippen molar-refractivity contribution in [1.29, 1.82) is 0 Å². The Morgan fingerprint density at radius 1 is 1.23 bits per heavy atom. The number of aliphatic carboxylic acids is 1. The molecule has 2 saturated heterocycles. The Morgan fingerprint density at radius 3 is 2.65 bits per heavy atom. The van der Waals surface area contributed by atoms with Gasteiger partial charge in [-0.3, -0.25) is 9.59 Å². The molecule has 0 bridgehead atoms. The minimum Gasteiger partial charge on any atom is -0.487 e. The van der Waals surface area contributed by atoms with Gasteiger partial charge in [0.1, 0.15) is 11.4 Å². The number of carbonyl (C=O) groups excluding carboxylic acids is 1. The molecule has 3 aliphatic heterocycles. The molecule has 0 radical (unpaired) electrons. The minimum absolute atomic E-state index is 0.0183. The van der Waals surface area contributed by atoms with E-state index in [9.17, 15) is 9.59 Å². The molecule has 1 amide bonds. The first-order valence-electron chi connectivity index (χ1n) is 11.5. The van der Waals surface area contributed by atoms with Gasteiger partial charge in [-0.15, -0.1) is 0 Å². The second kappa shape index (κ2) is 7.80. The summed E-state index contributed by atoms with van der Waals surface area (Å²) in [6.07, 6.45) is 2.34. The van der Waals surface area contributed by atoms with Crippen molar-refractivity contribution in [3.63, 3.8) is 0 Å². The molecule has 0 aliphatic carbocycles. The minimum atomic E-state index is -0.856. The highest BCUT2D eigenvalue weighted by atomic mass is 16.5. The molecule has 31 heavy (non-hydrogen) atoms. The van der Waals surface area contributed by atoms with Crippen LogP contribution in [0.1, 0.15) is 84.0 Å². The van der Waals surface area contributed by atoms with E-state index in [2.05, 4.69) is 52.8 Å². The van der Waals surface area contributed by atoms with Crippen molar-refractivity contribution in [2.75, 3.05) is 6.54 Å². The van der Waals surface area contributed by atoms with Crippen molar-refractivity contribution in [3.8, 4) is 5.75 Å². The lowest BCUT2D eigenvalue weighted by molar-refractivity contribution is -0.167. The van der Waals surface area contributed by atoms with Gasteiger partial charge in [0.2, 0.25) is 5.91 Å². The SMILES string of the molecule is CC(C)(C)c1ccc2c(c1)[C@@H]1O[C@@H]3CCN(C(=O)CCCC(=O)O)[C@H]3C[C@H]1C(C)(C)O2. The van der Waals surface area contributed by atoms with Gasteiger partial charge < -0.3 is 19.5 Å². The van der Waals surface area contributed by atoms with Gasteiger partial charge in [-0.25, -0.2) is 0 Å². The highest BCUT2D eigenvalue weighted by Crippen LogP contribution is 2.53. The van der Waals surface area contributed by atoms with Crippen molar-refractivity contribution in [2.45, 2.75) is 96.0 Å². The van der Waals surface area contributed by atoms with Crippen LogP contribution in [0.15, 0.2) is 18.2 Å². The van der Waals surface area contributed by atoms with E-state index in [4.69, 9.17) is 14.6 Å². The summed E-state index contributed by atoms with van der Waals surface area (Å²) in [5.74, 6) is 0.229. The lowest BCUT2D eigenvalue weighted by atomic mass is 9.73. The topological polar surface area (TPSA) is 76.1 Å². The third kappa shape index (κ3) is 4.19. The maximum absolute atomic E-state index is 12.8. The molecule has 6 nitrogen and oxygen atoms in total. The number of hydrogen-bond acceptors (Lipinski definition) is 4. The van der Waals surface area contributed by atoms with Crippen LogP contribution in [0.3, 0.4) is 0 Å². The second-order valence-electron chi connectivity index (χ2n) is 10.8. The van der Waals surface area contributed by atoms with Crippen LogP contribution >= 0.6 is 0 Å². The average Bonchev–Trinajstić information content (AvgIpc) is 3.08. The summed E-state index contributed by atoms with van der Waals surface area (Å²) in [6, 6.07) is 6.50. The average molecular weight is 430 g/mol. The highest BCUT2D eigenvalue weighted by molar-refractivity contribution is 5.77. The maximum Gasteiger partial charge on any atom is 0.303 e. The Morgan fingerprint density at radius 2 is 1.97 bits per heavy atom. The standard InChI is InChI=1S/C25H35NO5/c1-24(2,3)15-9-10-19-16(13-15)23-17(25(4,5)31-19)14-18-20(30-23)11-12-26(18)21(27)7-6-8-22(28)29/h9-10,13,17-18,20,23H,6-8,11-12,14H2,1-5H3,(H,28,29)/t17-,18+,20-,23+/m1/s1. The van der Waals surface area contributed by atoms with Gasteiger partial charge in [-0.1, -0.05) is 26.8 Å². The van der Waals surface area contributed by atoms with E-state index in [0.29, 0.717) is 13.0 Å². The number of hydrogen-bond donors (Lipinski definition) is 1. The number of benzene rings is 1. The largest absolute Gasteiger partial charge is 0.487 e. The van der Waals surface area contributed by atoms with Crippen molar-refractivity contribution in [2.24, 2.45) is 5.92 Å². The number of likely N-dealkylation sites (tertiary alicyclic amines) is 1. The summed E-state index contributed by atoms with van der Waals surface area (Å²) in [7, 11) is 0. The van der Waals surface area contributed by atoms with Crippen LogP contribution in [-0.2, 0) is 19.7 Å². The molecule has 0 spiro atoms. The van der Waals surface area contributed by atoms with Crippen LogP contribution in [0.2, 0.25) is 0 Å². The monoisotopic (exact) mass is 429 g/mol. The summed E-state index contributed by atoms with van der Waals surface area (Å²) in [5.41, 5.74) is 2.04. The molecule has 0 unspecified atom stereocenters. The maximum atomic E-state index is 12.8. The van der Waals surface area contributed by atoms with E-state index in [1.54, 1.807) is 0 Å². The van der Waals surface area contributed by atoms with Gasteiger partial charge in [0, 0.05) is 30.9 Å². The molecule has 3 aliphatic rings. The van der Waals surface area contributed by atoms with Crippen LogP contribution < -0.4 is 4.74 Å². The molecular weight excluding hydrogens is 394 g/mol. The van der Waals surface area contributed by atoms with Crippen molar-refractivity contribution in [1.82, 2.24) is 4.90 Å². The molecule has 0 aromatic heterocycles. The van der Waals surface area contributed by atoms with Crippen LogP contribution in [0.5, 0.6) is 5.75 Å². The van der Waals surface area contributed by atoms with Crippen LogP contribution in [0.4, 0.5) is 0 Å². The number of rotatable bonds is 4. The fraction of sp³-hybridized carbons (Fsp3) is 0.680. The zero-order chi connectivity index (χ0) is 22.6. The third-order valence-electron chi connectivity index (χ3n) is 7.22. The molecule has 1 aromatic carbocycles. The molecule has 2 fully saturated rings. The molecule has 1 aromatic rings. The quantitative estimate of drug-likeness (QED) is 0.765. The summed E-state index contributed by atoms with van der Waals surface area (Å²) in [5, 5.41) is 8.86. The number of nitrogens with zero attached hydrogens (tertiary/aromatic N) is 1. The molecule has 170 valence electrons. The highest BCUT2D eigenvalue weighted by Gasteiger charge is 2.53. The second-order valence-corrected chi connectivity index (χ2v) is 10.8. The van der Waals surface area contributed by atoms with Crippen LogP contribution in [-0.4, -0.2) is 46.2 Å². The lowest BCUT2D eigenvalue weighted by Crippen LogP contribution is -2.54. The lowest BCUT2D eigenvalue weighted by Gasteiger charge is -2.51. The van der Waals surface area contributed by atoms with Gasteiger partial charge in [-0.2, -0.15) is 0 Å². The number of carboxylic acid groups (broad SMARTS) is 1. The zero-order valence-electron chi connectivity index (χ0n) is 19.3. The van der Waals surface area contributed by atoms with E-state index in [-0.39, 0.29) is 48.3 Å². The van der Waals surface area contributed by atoms with Crippen LogP contribution in [0.25, 0.3) is 0 Å². The summed E-state index contributed by atoms with van der Waals surface area (Å²) in [6.45, 7) is 11.5. The molecule has 0 saturated carbocycles. The first kappa shape index (κ1) is 22.1. The molecule has 4 atom stereocenters. The first-order chi connectivity index (χ1) is 14.5. The van der Waals surface area contributed by atoms with Crippen molar-refractivity contribution in [3.05, 3.63) is 29.3 Å². The number of carboxylic acids is 1. The smallest absolute Gasteiger partial charge is 0.303 e. The first-order valence-corrected chi connectivity index (χ1v) is 11.5. The molecule has 3 heterocycles. The van der Waals surface area contributed by atoms with E-state index in [1.807, 2.05) is 4.90 Å². The molecule has 1 N–H and O–H groups in total. The molecule has 6 heteroatoms. The molecule has 4 rings (SSSR count). The van der Waals surface area contributed by atoms with E-state index in [0.717, 1.165) is 24.2 Å². The third-order valence-corrected chi connectivity index (χ3v) is 7.22. The van der Waals surface area contributed by atoms with Crippen molar-refractivity contribution < 1.29 is 24.2 Å². The Bertz CT molecular complexity index is 871. The van der Waals surface area contributed by atoms with E-state index in [1.165, 1.54) is 5.56 Å². The Kier molecular flexibility index (Phi) is 5.57. The van der Waals surface area contributed by atoms with Gasteiger partial charge in [-0.05, 0) is 56.2 Å². The summed E-state index contributed by atoms with van der Waals surface area (Å²) in [4.78, 5) is 25.5. The summed E-state index contributed by atoms with van der Waals surface area (Å²) < 4.78 is 13.1.